The smallest absolute Gasteiger partial charge is 0.232 e. The highest BCUT2D eigenvalue weighted by atomic mass is 32.1. The van der Waals surface area contributed by atoms with Crippen molar-refractivity contribution in [1.82, 2.24) is 10.2 Å². The molecule has 1 aromatic heterocycles. The van der Waals surface area contributed by atoms with E-state index in [0.717, 1.165) is 24.5 Å². The number of nitrogens with zero attached hydrogens (tertiary/aromatic N) is 5. The van der Waals surface area contributed by atoms with E-state index in [1.165, 1.54) is 11.3 Å². The second kappa shape index (κ2) is 5.58. The quantitative estimate of drug-likeness (QED) is 0.499. The normalized spacial score (nSPS) is 18.7. The summed E-state index contributed by atoms with van der Waals surface area (Å²) in [5.41, 5.74) is 8.07. The minimum atomic E-state index is -0.405. The van der Waals surface area contributed by atoms with Crippen LogP contribution in [0.1, 0.15) is 24.0 Å². The number of hydrogen-bond acceptors (Lipinski definition) is 6. The maximum atomic E-state index is 11.2. The summed E-state index contributed by atoms with van der Waals surface area (Å²) >= 11 is 1.28. The van der Waals surface area contributed by atoms with Gasteiger partial charge in [0, 0.05) is 11.5 Å². The average Bonchev–Trinajstić information content (AvgIpc) is 2.95. The van der Waals surface area contributed by atoms with Crippen LogP contribution in [0, 0.1) is 0 Å². The highest BCUT2D eigenvalue weighted by Crippen LogP contribution is 2.31. The third-order valence-electron chi connectivity index (χ3n) is 2.17. The molecule has 0 radical (unpaired) electrons. The van der Waals surface area contributed by atoms with Crippen LogP contribution in [0.5, 0.6) is 0 Å². The lowest BCUT2D eigenvalue weighted by Crippen LogP contribution is -2.13. The molecule has 1 amide bonds. The van der Waals surface area contributed by atoms with Crippen LogP contribution in [0.4, 0.5) is 5.13 Å². The summed E-state index contributed by atoms with van der Waals surface area (Å²) < 4.78 is 5.45. The lowest BCUT2D eigenvalue weighted by atomic mass is 10.2. The van der Waals surface area contributed by atoms with Gasteiger partial charge in [0.15, 0.2) is 0 Å². The van der Waals surface area contributed by atoms with E-state index in [1.54, 1.807) is 0 Å². The first-order valence-electron chi connectivity index (χ1n) is 5.05. The Labute approximate surface area is 101 Å². The number of aromatic nitrogens is 2. The third-order valence-corrected chi connectivity index (χ3v) is 3.10. The third kappa shape index (κ3) is 3.13. The summed E-state index contributed by atoms with van der Waals surface area (Å²) in [6, 6.07) is 0. The maximum Gasteiger partial charge on any atom is 0.232 e. The number of nitrogens with one attached hydrogen (secondary N) is 1. The summed E-state index contributed by atoms with van der Waals surface area (Å²) in [6.07, 6.45) is 1.94. The van der Waals surface area contributed by atoms with Crippen molar-refractivity contribution in [2.45, 2.75) is 18.9 Å². The van der Waals surface area contributed by atoms with Gasteiger partial charge in [0.05, 0.1) is 0 Å². The molecule has 1 fully saturated rings. The number of carbonyl (C=O) groups excluding carboxylic acids is 1. The van der Waals surface area contributed by atoms with E-state index in [1.807, 2.05) is 0 Å². The van der Waals surface area contributed by atoms with Crippen LogP contribution in [-0.4, -0.2) is 29.3 Å². The standard InChI is InChI=1S/C8H10N6O2S/c9-14-10-4-6(15)11-8-13-12-7(17-8)5-2-1-3-16-5/h5H,1-4H2,(H,11,13,15). The molecule has 0 saturated carbocycles. The molecule has 0 bridgehead atoms. The molecule has 8 nitrogen and oxygen atoms in total. The molecule has 1 unspecified atom stereocenters. The van der Waals surface area contributed by atoms with Gasteiger partial charge in [0.25, 0.3) is 0 Å². The Morgan fingerprint density at radius 2 is 2.59 bits per heavy atom. The van der Waals surface area contributed by atoms with Crippen molar-refractivity contribution in [3.05, 3.63) is 15.5 Å². The number of ether oxygens (including phenoxy) is 1. The summed E-state index contributed by atoms with van der Waals surface area (Å²) in [5.74, 6) is -0.405. The van der Waals surface area contributed by atoms with Crippen molar-refractivity contribution in [3.63, 3.8) is 0 Å². The van der Waals surface area contributed by atoms with Crippen LogP contribution in [-0.2, 0) is 9.53 Å². The van der Waals surface area contributed by atoms with E-state index in [0.29, 0.717) is 5.13 Å². The topological polar surface area (TPSA) is 113 Å². The fourth-order valence-electron chi connectivity index (χ4n) is 1.44. The molecule has 1 aromatic rings. The van der Waals surface area contributed by atoms with Crippen LogP contribution in [0.3, 0.4) is 0 Å². The number of rotatable bonds is 4. The summed E-state index contributed by atoms with van der Waals surface area (Å²) in [7, 11) is 0. The van der Waals surface area contributed by atoms with Crippen LogP contribution >= 0.6 is 11.3 Å². The van der Waals surface area contributed by atoms with E-state index in [2.05, 4.69) is 25.5 Å². The van der Waals surface area contributed by atoms with E-state index >= 15 is 0 Å². The molecule has 1 N–H and O–H groups in total. The first-order chi connectivity index (χ1) is 8.29. The van der Waals surface area contributed by atoms with Crippen LogP contribution in [0.2, 0.25) is 0 Å². The van der Waals surface area contributed by atoms with E-state index in [-0.39, 0.29) is 12.6 Å². The molecular weight excluding hydrogens is 244 g/mol. The van der Waals surface area contributed by atoms with Crippen molar-refractivity contribution in [3.8, 4) is 0 Å². The molecule has 0 aromatic carbocycles. The molecule has 90 valence electrons. The van der Waals surface area contributed by atoms with Gasteiger partial charge < -0.3 is 10.1 Å². The maximum absolute atomic E-state index is 11.2. The Balaban J connectivity index is 1.93. The molecule has 9 heteroatoms. The molecule has 17 heavy (non-hydrogen) atoms. The van der Waals surface area contributed by atoms with E-state index in [4.69, 9.17) is 10.3 Å². The van der Waals surface area contributed by atoms with Gasteiger partial charge in [-0.15, -0.1) is 10.2 Å². The summed E-state index contributed by atoms with van der Waals surface area (Å²) in [6.45, 7) is 0.494. The minimum absolute atomic E-state index is 0.00437. The number of hydrogen-bond donors (Lipinski definition) is 1. The second-order valence-electron chi connectivity index (χ2n) is 3.38. The van der Waals surface area contributed by atoms with Crippen LogP contribution in [0.25, 0.3) is 10.4 Å². The summed E-state index contributed by atoms with van der Waals surface area (Å²) in [4.78, 5) is 13.7. The van der Waals surface area contributed by atoms with Crippen LogP contribution in [0.15, 0.2) is 5.11 Å². The van der Waals surface area contributed by atoms with Crippen molar-refractivity contribution in [1.29, 1.82) is 0 Å². The number of anilines is 1. The minimum Gasteiger partial charge on any atom is -0.371 e. The Hall–Kier alpha value is -1.70. The van der Waals surface area contributed by atoms with Gasteiger partial charge in [-0.25, -0.2) is 0 Å². The highest BCUT2D eigenvalue weighted by Gasteiger charge is 2.22. The molecule has 0 aliphatic carbocycles. The first-order valence-corrected chi connectivity index (χ1v) is 5.87. The van der Waals surface area contributed by atoms with E-state index < -0.39 is 5.91 Å². The Bertz CT molecular complexity index is 449. The fraction of sp³-hybridized carbons (Fsp3) is 0.625. The van der Waals surface area contributed by atoms with Gasteiger partial charge >= 0.3 is 0 Å². The van der Waals surface area contributed by atoms with Crippen LogP contribution < -0.4 is 5.32 Å². The molecule has 1 aliphatic rings. The predicted octanol–water partition coefficient (Wildman–Crippen LogP) is 1.64. The van der Waals surface area contributed by atoms with Crippen molar-refractivity contribution in [2.75, 3.05) is 18.5 Å². The van der Waals surface area contributed by atoms with E-state index in [9.17, 15) is 4.79 Å². The number of amides is 1. The zero-order valence-corrected chi connectivity index (χ0v) is 9.68. The molecule has 2 rings (SSSR count). The Morgan fingerprint density at radius 3 is 3.29 bits per heavy atom. The zero-order valence-electron chi connectivity index (χ0n) is 8.87. The highest BCUT2D eigenvalue weighted by molar-refractivity contribution is 7.15. The lowest BCUT2D eigenvalue weighted by Gasteiger charge is -2.02. The van der Waals surface area contributed by atoms with Gasteiger partial charge in [-0.05, 0) is 18.4 Å². The van der Waals surface area contributed by atoms with Gasteiger partial charge in [0.2, 0.25) is 11.0 Å². The lowest BCUT2D eigenvalue weighted by molar-refractivity contribution is -0.114. The second-order valence-corrected chi connectivity index (χ2v) is 4.39. The SMILES string of the molecule is [N-]=[N+]=NCC(=O)Nc1nnc(C2CCCO2)s1. The summed E-state index contributed by atoms with van der Waals surface area (Å²) in [5, 5.41) is 14.6. The first kappa shape index (κ1) is 11.8. The van der Waals surface area contributed by atoms with Gasteiger partial charge in [-0.2, -0.15) is 0 Å². The van der Waals surface area contributed by atoms with Gasteiger partial charge in [-0.1, -0.05) is 16.5 Å². The number of azide groups is 1. The predicted molar refractivity (Wildman–Crippen MR) is 60.5 cm³/mol. The average molecular weight is 254 g/mol. The molecular formula is C8H10N6O2S. The zero-order chi connectivity index (χ0) is 12.1. The fourth-order valence-corrected chi connectivity index (χ4v) is 2.29. The Kier molecular flexibility index (Phi) is 3.86. The van der Waals surface area contributed by atoms with Gasteiger partial charge in [-0.3, -0.25) is 4.79 Å². The largest absolute Gasteiger partial charge is 0.371 e. The van der Waals surface area contributed by atoms with Gasteiger partial charge in [0.1, 0.15) is 17.7 Å². The monoisotopic (exact) mass is 254 g/mol. The van der Waals surface area contributed by atoms with Crippen molar-refractivity contribution >= 4 is 22.4 Å². The number of carbonyl (C=O) groups is 1. The van der Waals surface area contributed by atoms with Crippen molar-refractivity contribution in [2.24, 2.45) is 5.11 Å². The molecule has 2 heterocycles. The van der Waals surface area contributed by atoms with Crippen molar-refractivity contribution < 1.29 is 9.53 Å². The molecule has 1 aliphatic heterocycles. The molecule has 0 spiro atoms. The molecule has 1 atom stereocenters. The Morgan fingerprint density at radius 1 is 1.71 bits per heavy atom. The molecule has 1 saturated heterocycles.